The molecule has 0 saturated carbocycles. The van der Waals surface area contributed by atoms with Crippen LogP contribution in [0.2, 0.25) is 0 Å². The Morgan fingerprint density at radius 1 is 0.718 bits per heavy atom. The number of aliphatic hydroxyl groups excluding tert-OH is 3. The molecular formula is C45H75BBrCl2N9NaO10S2. The third kappa shape index (κ3) is 34.8. The first-order valence-electron chi connectivity index (χ1n) is 20.9. The van der Waals surface area contributed by atoms with Crippen molar-refractivity contribution in [3.8, 4) is 0 Å². The molecule has 19 nitrogen and oxygen atoms in total. The molecule has 0 bridgehead atoms. The van der Waals surface area contributed by atoms with Crippen LogP contribution in [0.5, 0.6) is 0 Å². The van der Waals surface area contributed by atoms with Gasteiger partial charge in [-0.2, -0.15) is 0 Å². The van der Waals surface area contributed by atoms with Gasteiger partial charge in [-0.05, 0) is 108 Å². The van der Waals surface area contributed by atoms with Crippen molar-refractivity contribution in [2.75, 3.05) is 38.7 Å². The molecular weight excluding hydrogens is 1080 g/mol. The van der Waals surface area contributed by atoms with Crippen molar-refractivity contribution in [3.05, 3.63) is 117 Å². The molecule has 0 unspecified atom stereocenters. The first kappa shape index (κ1) is 79.2. The average molecular weight is 1150 g/mol. The Balaban J connectivity index is -0.000000138. The van der Waals surface area contributed by atoms with Crippen molar-refractivity contribution in [2.45, 2.75) is 127 Å². The molecule has 0 atom stereocenters. The first-order valence-corrected chi connectivity index (χ1v) is 24.5. The number of carbonyl (C=O) groups excluding carboxylic acids is 1. The minimum absolute atomic E-state index is 0. The summed E-state index contributed by atoms with van der Waals surface area (Å²) in [6.07, 6.45) is 0.751. The molecule has 0 spiro atoms. The first-order chi connectivity index (χ1) is 32.2. The van der Waals surface area contributed by atoms with Crippen LogP contribution in [-0.4, -0.2) is 114 Å². The molecule has 0 aliphatic rings. The van der Waals surface area contributed by atoms with Crippen molar-refractivity contribution in [2.24, 2.45) is 0 Å². The third-order valence-electron chi connectivity index (χ3n) is 8.48. The summed E-state index contributed by atoms with van der Waals surface area (Å²) in [6, 6.07) is 2.93. The number of halogens is 3. The Labute approximate surface area is 471 Å². The van der Waals surface area contributed by atoms with Crippen molar-refractivity contribution in [3.63, 3.8) is 0 Å². The van der Waals surface area contributed by atoms with Gasteiger partial charge in [0, 0.05) is 73.4 Å². The van der Waals surface area contributed by atoms with Gasteiger partial charge < -0.3 is 49.7 Å². The number of carbonyl (C=O) groups is 1. The van der Waals surface area contributed by atoms with Gasteiger partial charge in [0.25, 0.3) is 11.1 Å². The van der Waals surface area contributed by atoms with Crippen molar-refractivity contribution >= 4 is 77.8 Å². The summed E-state index contributed by atoms with van der Waals surface area (Å²) >= 11 is 19.0. The number of H-pyrrole nitrogens is 3. The van der Waals surface area contributed by atoms with E-state index in [1.54, 1.807) is 41.5 Å². The Bertz CT molecular complexity index is 2270. The van der Waals surface area contributed by atoms with Gasteiger partial charge in [-0.1, -0.05) is 76.5 Å². The molecule has 6 rings (SSSR count). The number of aldehydes is 1. The molecule has 6 N–H and O–H groups in total. The van der Waals surface area contributed by atoms with Gasteiger partial charge in [0.2, 0.25) is 0 Å². The Kier molecular flexibility index (Phi) is 53.3. The maximum Gasteiger partial charge on any atom is 1.00 e. The smallest absolute Gasteiger partial charge is 1.00 e. The zero-order chi connectivity index (χ0) is 52.9. The second kappa shape index (κ2) is 47.8. The van der Waals surface area contributed by atoms with Crippen LogP contribution in [0.15, 0.2) is 45.0 Å². The van der Waals surface area contributed by atoms with Gasteiger partial charge in [-0.15, -0.1) is 23.2 Å². The average Bonchev–Trinajstić information content (AvgIpc) is 4.01. The number of aliphatic hydroxyl groups is 3. The van der Waals surface area contributed by atoms with E-state index in [9.17, 15) is 14.4 Å². The largest absolute Gasteiger partial charge is 1.00 e. The second-order valence-electron chi connectivity index (χ2n) is 13.3. The fourth-order valence-corrected chi connectivity index (χ4v) is 6.95. The van der Waals surface area contributed by atoms with Crippen molar-refractivity contribution in [1.29, 1.82) is 0 Å². The SMILES string of the molecule is C.CCN(CC)CC.CCO.CO.Cc1cc(=O)[nH]c(=S)[nH]1.Cc1cc(=O)[nH]c(SCc2c(C)noc2C)n1.Cc1noc(C)c1C=O.Cc1noc(C)c1CBr.Cc1noc(C)c1CO.ClCCl.[B].[H-].[Na+]. The summed E-state index contributed by atoms with van der Waals surface area (Å²) in [4.78, 5) is 46.5. The van der Waals surface area contributed by atoms with Crippen LogP contribution in [-0.2, 0) is 17.7 Å². The van der Waals surface area contributed by atoms with E-state index < -0.39 is 0 Å². The maximum absolute atomic E-state index is 11.3. The molecule has 0 amide bonds. The monoisotopic (exact) mass is 1150 g/mol. The van der Waals surface area contributed by atoms with Gasteiger partial charge in [-0.3, -0.25) is 19.4 Å². The molecule has 0 fully saturated rings. The number of nitrogens with zero attached hydrogens (tertiary/aromatic N) is 6. The molecule has 3 radical (unpaired) electrons. The van der Waals surface area contributed by atoms with E-state index in [4.69, 9.17) is 56.6 Å². The second-order valence-corrected chi connectivity index (χ2v) is 16.1. The third-order valence-corrected chi connectivity index (χ3v) is 10.1. The summed E-state index contributed by atoms with van der Waals surface area (Å²) in [6.45, 7) is 30.3. The van der Waals surface area contributed by atoms with Gasteiger partial charge in [0.05, 0.1) is 40.3 Å². The Morgan fingerprint density at radius 3 is 1.37 bits per heavy atom. The summed E-state index contributed by atoms with van der Waals surface area (Å²) < 4.78 is 19.8. The summed E-state index contributed by atoms with van der Waals surface area (Å²) in [5.41, 5.74) is 8.08. The molecule has 0 saturated heterocycles. The predicted octanol–water partition coefficient (Wildman–Crippen LogP) is 6.54. The number of nitrogens with one attached hydrogen (secondary N) is 3. The molecule has 6 aromatic rings. The fourth-order valence-electron chi connectivity index (χ4n) is 4.81. The zero-order valence-corrected chi connectivity index (χ0v) is 50.0. The number of hydrogen-bond acceptors (Lipinski definition) is 18. The molecule has 0 aromatic carbocycles. The van der Waals surface area contributed by atoms with Gasteiger partial charge >= 0.3 is 29.6 Å². The Hall–Kier alpha value is -3.20. The molecule has 397 valence electrons. The number of aryl methyl sites for hydroxylation is 10. The number of aromatic amines is 3. The maximum atomic E-state index is 11.3. The fraction of sp³-hybridized carbons (Fsp3) is 0.533. The van der Waals surface area contributed by atoms with Crippen LogP contribution < -0.4 is 40.7 Å². The van der Waals surface area contributed by atoms with Crippen LogP contribution in [0.3, 0.4) is 0 Å². The number of alkyl halides is 3. The van der Waals surface area contributed by atoms with E-state index in [-0.39, 0.29) is 76.5 Å². The molecule has 6 heterocycles. The minimum Gasteiger partial charge on any atom is -1.00 e. The minimum atomic E-state index is -0.156. The summed E-state index contributed by atoms with van der Waals surface area (Å²) in [7, 11) is 1.00. The molecule has 71 heavy (non-hydrogen) atoms. The standard InChI is InChI=1S/C11H13N3O2S.C6H8BrNO.C6H9NO2.C6H7NO2.C6H15N.C5H6N2OS.C2H6O.CH2Cl2.CH4O.CH4.B.Na.H/c1-6-4-10(15)13-11(12-6)17-5-9-7(2)14-16-8(9)3;1-4-6(3-7)5(2)9-8-4;2*1-4-6(3-8)5(2)9-7-4;1-4-7(5-2)6-3;1-3-2-4(8)7-5(9)6-3;1-2-3;2-1-3;1-2;;;;/h4H,5H2,1-3H3,(H,12,13,15);3H2,1-2H3;8H,3H2,1-2H3;3H,1-2H3;4-6H2,1-3H3;2H,1H3,(H2,6,7,8,9);3H,2H2,1H3;1H2;2H,1H3;1H4;;;/q;;;;;;;;;;;+1;-1. The van der Waals surface area contributed by atoms with E-state index in [1.165, 1.54) is 43.5 Å². The molecule has 6 aromatic heterocycles. The number of rotatable bonds is 9. The van der Waals surface area contributed by atoms with Crippen LogP contribution >= 0.6 is 63.1 Å². The number of hydrogen-bond donors (Lipinski definition) is 6. The molecule has 0 aliphatic carbocycles. The van der Waals surface area contributed by atoms with Crippen LogP contribution in [0.25, 0.3) is 0 Å². The number of thioether (sulfide) groups is 1. The normalized spacial score (nSPS) is 9.15. The van der Waals surface area contributed by atoms with Gasteiger partial charge in [-0.25, -0.2) is 4.98 Å². The number of aromatic nitrogens is 8. The molecule has 0 aliphatic heterocycles. The quantitative estimate of drug-likeness (QED) is 0.0224. The topological polar surface area (TPSA) is 280 Å². The summed E-state index contributed by atoms with van der Waals surface area (Å²) in [5, 5.41) is 39.8. The van der Waals surface area contributed by atoms with Gasteiger partial charge in [0.1, 0.15) is 23.0 Å². The van der Waals surface area contributed by atoms with Crippen molar-refractivity contribution in [1.82, 2.24) is 45.5 Å². The van der Waals surface area contributed by atoms with Gasteiger partial charge in [0.15, 0.2) is 16.2 Å². The Morgan fingerprint density at radius 2 is 1.11 bits per heavy atom. The zero-order valence-electron chi connectivity index (χ0n) is 44.3. The van der Waals surface area contributed by atoms with E-state index in [1.807, 2.05) is 34.6 Å². The van der Waals surface area contributed by atoms with Crippen LogP contribution in [0, 0.1) is 74.0 Å². The van der Waals surface area contributed by atoms with E-state index in [0.717, 1.165) is 75.4 Å². The van der Waals surface area contributed by atoms with Crippen molar-refractivity contribution < 1.29 is 69.2 Å². The van der Waals surface area contributed by atoms with E-state index >= 15 is 0 Å². The van der Waals surface area contributed by atoms with E-state index in [0.29, 0.717) is 38.5 Å². The predicted molar refractivity (Wildman–Crippen MR) is 289 cm³/mol. The summed E-state index contributed by atoms with van der Waals surface area (Å²) in [5.74, 6) is 3.69. The molecule has 26 heteroatoms. The van der Waals surface area contributed by atoms with Crippen LogP contribution in [0.4, 0.5) is 0 Å². The van der Waals surface area contributed by atoms with Crippen LogP contribution in [0.1, 0.15) is 121 Å². The van der Waals surface area contributed by atoms with E-state index in [2.05, 4.69) is 94.4 Å².